The van der Waals surface area contributed by atoms with Gasteiger partial charge in [-0.3, -0.25) is 0 Å². The molecule has 1 rings (SSSR count). The molecule has 0 spiro atoms. The topological polar surface area (TPSA) is 3.24 Å². The van der Waals surface area contributed by atoms with E-state index in [1.54, 1.807) is 0 Å². The lowest BCUT2D eigenvalue weighted by Gasteiger charge is -2.27. The zero-order valence-electron chi connectivity index (χ0n) is 9.09. The lowest BCUT2D eigenvalue weighted by molar-refractivity contribution is 0.500. The van der Waals surface area contributed by atoms with Gasteiger partial charge >= 0.3 is 0 Å². The van der Waals surface area contributed by atoms with Crippen molar-refractivity contribution in [2.45, 2.75) is 20.3 Å². The Morgan fingerprint density at radius 3 is 2.62 bits per heavy atom. The molecule has 0 heterocycles. The number of allylic oxidation sites excluding steroid dienone is 4. The van der Waals surface area contributed by atoms with Gasteiger partial charge < -0.3 is 4.90 Å². The van der Waals surface area contributed by atoms with Crippen molar-refractivity contribution in [2.75, 3.05) is 14.1 Å². The Bertz CT molecular complexity index is 269. The third-order valence-electron chi connectivity index (χ3n) is 2.54. The van der Waals surface area contributed by atoms with Gasteiger partial charge in [-0.05, 0) is 30.9 Å². The predicted octanol–water partition coefficient (Wildman–Crippen LogP) is 2.97. The third-order valence-corrected chi connectivity index (χ3v) is 2.54. The second-order valence-corrected chi connectivity index (χ2v) is 4.03. The summed E-state index contributed by atoms with van der Waals surface area (Å²) in [6, 6.07) is 0. The van der Waals surface area contributed by atoms with Gasteiger partial charge in [-0.1, -0.05) is 25.2 Å². The summed E-state index contributed by atoms with van der Waals surface area (Å²) < 4.78 is 0. The van der Waals surface area contributed by atoms with Crippen LogP contribution in [0.3, 0.4) is 0 Å². The Morgan fingerprint density at radius 1 is 1.54 bits per heavy atom. The van der Waals surface area contributed by atoms with Gasteiger partial charge in [-0.15, -0.1) is 0 Å². The summed E-state index contributed by atoms with van der Waals surface area (Å²) in [6.45, 7) is 8.33. The van der Waals surface area contributed by atoms with Crippen LogP contribution in [0.15, 0.2) is 35.6 Å². The van der Waals surface area contributed by atoms with E-state index in [-0.39, 0.29) is 0 Å². The Morgan fingerprint density at radius 2 is 2.15 bits per heavy atom. The van der Waals surface area contributed by atoms with Crippen molar-refractivity contribution in [3.63, 3.8) is 0 Å². The lowest BCUT2D eigenvalue weighted by Crippen LogP contribution is -2.17. The van der Waals surface area contributed by atoms with E-state index in [4.69, 9.17) is 0 Å². The van der Waals surface area contributed by atoms with E-state index in [0.29, 0.717) is 5.92 Å². The van der Waals surface area contributed by atoms with E-state index in [1.165, 1.54) is 23.3 Å². The maximum absolute atomic E-state index is 3.88. The van der Waals surface area contributed by atoms with Crippen LogP contribution in [0.25, 0.3) is 0 Å². The van der Waals surface area contributed by atoms with Gasteiger partial charge in [-0.25, -0.2) is 0 Å². The molecule has 0 N–H and O–H groups in total. The van der Waals surface area contributed by atoms with Crippen LogP contribution in [-0.2, 0) is 0 Å². The summed E-state index contributed by atoms with van der Waals surface area (Å²) in [5.41, 5.74) is 4.14. The first-order chi connectivity index (χ1) is 6.06. The second kappa shape index (κ2) is 3.82. The lowest BCUT2D eigenvalue weighted by atomic mass is 9.87. The highest BCUT2D eigenvalue weighted by atomic mass is 15.1. The van der Waals surface area contributed by atoms with E-state index in [1.807, 2.05) is 6.08 Å². The van der Waals surface area contributed by atoms with E-state index in [9.17, 15) is 0 Å². The molecule has 0 aromatic heterocycles. The smallest absolute Gasteiger partial charge is 0.0395 e. The molecular formula is C12H19N. The van der Waals surface area contributed by atoms with Gasteiger partial charge in [-0.2, -0.15) is 0 Å². The fourth-order valence-corrected chi connectivity index (χ4v) is 1.91. The van der Waals surface area contributed by atoms with Crippen LogP contribution >= 0.6 is 0 Å². The maximum Gasteiger partial charge on any atom is 0.0395 e. The van der Waals surface area contributed by atoms with E-state index in [0.717, 1.165) is 0 Å². The minimum atomic E-state index is 0.611. The van der Waals surface area contributed by atoms with Crippen LogP contribution in [-0.4, -0.2) is 19.0 Å². The van der Waals surface area contributed by atoms with Gasteiger partial charge in [0, 0.05) is 19.8 Å². The Labute approximate surface area is 81.4 Å². The minimum Gasteiger partial charge on any atom is -0.377 e. The molecule has 0 aliphatic heterocycles. The normalized spacial score (nSPS) is 22.8. The Kier molecular flexibility index (Phi) is 2.97. The highest BCUT2D eigenvalue weighted by Crippen LogP contribution is 2.30. The molecule has 0 radical (unpaired) electrons. The zero-order chi connectivity index (χ0) is 10.0. The molecule has 1 aliphatic rings. The number of hydrogen-bond acceptors (Lipinski definition) is 1. The molecule has 1 unspecified atom stereocenters. The molecule has 0 fully saturated rings. The first-order valence-corrected chi connectivity index (χ1v) is 4.77. The van der Waals surface area contributed by atoms with E-state index >= 15 is 0 Å². The van der Waals surface area contributed by atoms with Gasteiger partial charge in [0.25, 0.3) is 0 Å². The number of nitrogens with zero attached hydrogens (tertiary/aromatic N) is 1. The molecule has 0 aromatic rings. The molecule has 0 saturated carbocycles. The molecule has 13 heavy (non-hydrogen) atoms. The van der Waals surface area contributed by atoms with Crippen molar-refractivity contribution in [3.05, 3.63) is 35.6 Å². The molecule has 0 saturated heterocycles. The molecule has 1 aliphatic carbocycles. The molecule has 1 atom stereocenters. The van der Waals surface area contributed by atoms with Crippen LogP contribution in [0.1, 0.15) is 20.3 Å². The minimum absolute atomic E-state index is 0.611. The molecule has 1 nitrogen and oxygen atoms in total. The van der Waals surface area contributed by atoms with Gasteiger partial charge in [0.15, 0.2) is 0 Å². The van der Waals surface area contributed by atoms with Gasteiger partial charge in [0.1, 0.15) is 0 Å². The third kappa shape index (κ3) is 2.03. The monoisotopic (exact) mass is 177 g/mol. The van der Waals surface area contributed by atoms with Crippen molar-refractivity contribution in [3.8, 4) is 0 Å². The highest BCUT2D eigenvalue weighted by Gasteiger charge is 2.17. The van der Waals surface area contributed by atoms with Gasteiger partial charge in [0.05, 0.1) is 0 Å². The maximum atomic E-state index is 3.88. The molecule has 0 amide bonds. The standard InChI is InChI=1S/C12H19N/c1-6-11-10(3)7-9(2)8-12(11)13(4)5/h6,8,10H,1,7H2,2-5H3. The van der Waals surface area contributed by atoms with Crippen LogP contribution in [0.5, 0.6) is 0 Å². The summed E-state index contributed by atoms with van der Waals surface area (Å²) in [4.78, 5) is 2.16. The second-order valence-electron chi connectivity index (χ2n) is 4.03. The highest BCUT2D eigenvalue weighted by molar-refractivity contribution is 5.38. The quantitative estimate of drug-likeness (QED) is 0.627. The van der Waals surface area contributed by atoms with Crippen LogP contribution in [0, 0.1) is 5.92 Å². The Hall–Kier alpha value is -0.980. The van der Waals surface area contributed by atoms with Crippen molar-refractivity contribution in [2.24, 2.45) is 5.92 Å². The Balaban J connectivity index is 3.12. The van der Waals surface area contributed by atoms with Crippen LogP contribution in [0.4, 0.5) is 0 Å². The fourth-order valence-electron chi connectivity index (χ4n) is 1.91. The molecule has 72 valence electrons. The molecule has 1 heteroatoms. The predicted molar refractivity (Wildman–Crippen MR) is 58.4 cm³/mol. The molecule has 0 bridgehead atoms. The first-order valence-electron chi connectivity index (χ1n) is 4.77. The average molecular weight is 177 g/mol. The number of likely N-dealkylation sites (N-methyl/N-ethyl adjacent to an activating group) is 1. The summed E-state index contributed by atoms with van der Waals surface area (Å²) in [5.74, 6) is 0.611. The number of rotatable bonds is 2. The average Bonchev–Trinajstić information content (AvgIpc) is 2.02. The van der Waals surface area contributed by atoms with Gasteiger partial charge in [0.2, 0.25) is 0 Å². The summed E-state index contributed by atoms with van der Waals surface area (Å²) >= 11 is 0. The summed E-state index contributed by atoms with van der Waals surface area (Å²) in [7, 11) is 4.17. The fraction of sp³-hybridized carbons (Fsp3) is 0.500. The largest absolute Gasteiger partial charge is 0.377 e. The van der Waals surface area contributed by atoms with Crippen molar-refractivity contribution >= 4 is 0 Å². The summed E-state index contributed by atoms with van der Waals surface area (Å²) in [5, 5.41) is 0. The van der Waals surface area contributed by atoms with E-state index < -0.39 is 0 Å². The van der Waals surface area contributed by atoms with Crippen molar-refractivity contribution in [1.29, 1.82) is 0 Å². The van der Waals surface area contributed by atoms with E-state index in [2.05, 4.69) is 45.5 Å². The summed E-state index contributed by atoms with van der Waals surface area (Å²) in [6.07, 6.45) is 5.42. The van der Waals surface area contributed by atoms with Crippen LogP contribution in [0.2, 0.25) is 0 Å². The van der Waals surface area contributed by atoms with Crippen molar-refractivity contribution < 1.29 is 0 Å². The number of hydrogen-bond donors (Lipinski definition) is 0. The SMILES string of the molecule is C=CC1=C(N(C)C)C=C(C)CC1C. The molecular weight excluding hydrogens is 158 g/mol. The van der Waals surface area contributed by atoms with Crippen molar-refractivity contribution in [1.82, 2.24) is 4.90 Å². The van der Waals surface area contributed by atoms with Crippen LogP contribution < -0.4 is 0 Å². The zero-order valence-corrected chi connectivity index (χ0v) is 9.09. The first kappa shape index (κ1) is 10.1. The molecule has 0 aromatic carbocycles.